The van der Waals surface area contributed by atoms with E-state index in [-0.39, 0.29) is 12.3 Å². The van der Waals surface area contributed by atoms with Crippen molar-refractivity contribution >= 4 is 33.1 Å². The molecule has 3 aliphatic rings. The summed E-state index contributed by atoms with van der Waals surface area (Å²) in [6.07, 6.45) is 1.85. The molecule has 0 saturated carbocycles. The first-order chi connectivity index (χ1) is 13.8. The highest BCUT2D eigenvalue weighted by molar-refractivity contribution is 7.94. The van der Waals surface area contributed by atoms with E-state index in [1.54, 1.807) is 36.4 Å². The number of ketones is 1. The van der Waals surface area contributed by atoms with Gasteiger partial charge in [-0.05, 0) is 82.2 Å². The third-order valence-corrected chi connectivity index (χ3v) is 9.14. The number of hydrogen-bond donors (Lipinski definition) is 0. The number of benzene rings is 2. The first-order valence-electron chi connectivity index (χ1n) is 9.91. The summed E-state index contributed by atoms with van der Waals surface area (Å²) in [6.45, 7) is 4.14. The molecule has 3 aliphatic heterocycles. The van der Waals surface area contributed by atoms with Crippen LogP contribution in [0.15, 0.2) is 48.5 Å². The minimum Gasteiger partial charge on any atom is -0.303 e. The van der Waals surface area contributed by atoms with E-state index in [0.717, 1.165) is 25.2 Å². The fraction of sp³-hybridized carbons (Fsp3) is 0.409. The summed E-state index contributed by atoms with van der Waals surface area (Å²) in [4.78, 5) is 15.3. The monoisotopic (exact) mass is 432 g/mol. The van der Waals surface area contributed by atoms with Gasteiger partial charge in [0, 0.05) is 10.6 Å². The van der Waals surface area contributed by atoms with Gasteiger partial charge in [0.15, 0.2) is 5.78 Å². The summed E-state index contributed by atoms with van der Waals surface area (Å²) in [5, 5.41) is 0.539. The second-order valence-electron chi connectivity index (χ2n) is 8.05. The molecule has 2 aromatic carbocycles. The van der Waals surface area contributed by atoms with Gasteiger partial charge in [-0.15, -0.1) is 0 Å². The van der Waals surface area contributed by atoms with Crippen LogP contribution >= 0.6 is 11.6 Å². The molecular formula is C22H25ClN2O3S. The molecular weight excluding hydrogens is 408 g/mol. The number of sulfonamides is 1. The second kappa shape index (κ2) is 7.74. The minimum atomic E-state index is -3.72. The third-order valence-electron chi connectivity index (χ3n) is 6.26. The van der Waals surface area contributed by atoms with E-state index < -0.39 is 14.8 Å². The van der Waals surface area contributed by atoms with Gasteiger partial charge >= 0.3 is 0 Å². The molecule has 0 aromatic heterocycles. The zero-order chi connectivity index (χ0) is 20.6. The summed E-state index contributed by atoms with van der Waals surface area (Å²) in [5.74, 6) is -0.240. The fourth-order valence-electron chi connectivity index (χ4n) is 4.30. The molecule has 7 heteroatoms. The normalized spacial score (nSPS) is 23.7. The van der Waals surface area contributed by atoms with E-state index in [9.17, 15) is 13.2 Å². The highest BCUT2D eigenvalue weighted by Gasteiger charge is 2.52. The molecule has 3 saturated heterocycles. The Bertz CT molecular complexity index is 982. The predicted molar refractivity (Wildman–Crippen MR) is 116 cm³/mol. The average Bonchev–Trinajstić information content (AvgIpc) is 2.74. The van der Waals surface area contributed by atoms with Crippen molar-refractivity contribution in [2.45, 2.75) is 30.9 Å². The Hall–Kier alpha value is -1.89. The van der Waals surface area contributed by atoms with Gasteiger partial charge in [-0.25, -0.2) is 8.42 Å². The van der Waals surface area contributed by atoms with E-state index >= 15 is 0 Å². The number of anilines is 1. The average molecular weight is 433 g/mol. The molecule has 3 fully saturated rings. The molecule has 29 heavy (non-hydrogen) atoms. The molecule has 5 nitrogen and oxygen atoms in total. The van der Waals surface area contributed by atoms with Crippen LogP contribution in [0.25, 0.3) is 0 Å². The molecule has 154 valence electrons. The first kappa shape index (κ1) is 20.4. The van der Waals surface area contributed by atoms with Crippen LogP contribution in [0.4, 0.5) is 5.69 Å². The number of carbonyl (C=O) groups is 1. The van der Waals surface area contributed by atoms with Crippen LogP contribution in [0, 0.1) is 6.92 Å². The van der Waals surface area contributed by atoms with Crippen LogP contribution in [0.2, 0.25) is 5.02 Å². The number of fused-ring (bicyclic) bond motifs is 3. The number of nitrogens with zero attached hydrogens (tertiary/aromatic N) is 2. The summed E-state index contributed by atoms with van der Waals surface area (Å²) >= 11 is 5.93. The molecule has 0 spiro atoms. The Kier molecular flexibility index (Phi) is 5.44. The lowest BCUT2D eigenvalue weighted by molar-refractivity contribution is 0.100. The van der Waals surface area contributed by atoms with Crippen LogP contribution in [0.1, 0.15) is 35.2 Å². The SMILES string of the molecule is Cc1ccc(N(CC(=O)c2ccc(Cl)cc2)S(=O)(=O)C23CCN(CC2)CC3)cc1. The largest absolute Gasteiger partial charge is 0.303 e. The maximum atomic E-state index is 13.9. The van der Waals surface area contributed by atoms with E-state index in [2.05, 4.69) is 4.90 Å². The molecule has 3 heterocycles. The standard InChI is InChI=1S/C22H25ClN2O3S/c1-17-2-8-20(9-3-17)25(16-21(26)18-4-6-19(23)7-5-18)29(27,28)22-10-13-24(14-11-22)15-12-22/h2-9H,10-16H2,1H3. The number of carbonyl (C=O) groups excluding carboxylic acids is 1. The zero-order valence-electron chi connectivity index (χ0n) is 16.5. The number of aryl methyl sites for hydroxylation is 1. The molecule has 2 bridgehead atoms. The summed E-state index contributed by atoms with van der Waals surface area (Å²) < 4.78 is 28.4. The van der Waals surface area contributed by atoms with E-state index in [1.165, 1.54) is 4.31 Å². The Morgan fingerprint density at radius 3 is 2.10 bits per heavy atom. The van der Waals surface area contributed by atoms with Gasteiger partial charge in [-0.1, -0.05) is 29.3 Å². The van der Waals surface area contributed by atoms with Crippen molar-refractivity contribution in [2.75, 3.05) is 30.5 Å². The Labute approximate surface area is 177 Å². The third kappa shape index (κ3) is 3.81. The predicted octanol–water partition coefficient (Wildman–Crippen LogP) is 3.91. The van der Waals surface area contributed by atoms with Gasteiger partial charge in [0.25, 0.3) is 0 Å². The van der Waals surface area contributed by atoms with E-state index in [0.29, 0.717) is 35.5 Å². The molecule has 0 unspecified atom stereocenters. The van der Waals surface area contributed by atoms with Crippen molar-refractivity contribution in [1.29, 1.82) is 0 Å². The summed E-state index contributed by atoms with van der Waals surface area (Å²) in [6, 6.07) is 13.9. The lowest BCUT2D eigenvalue weighted by atomic mass is 9.87. The van der Waals surface area contributed by atoms with Gasteiger partial charge < -0.3 is 4.90 Å². The fourth-order valence-corrected chi connectivity index (χ4v) is 6.63. The first-order valence-corrected chi connectivity index (χ1v) is 11.7. The van der Waals surface area contributed by atoms with Gasteiger partial charge in [-0.3, -0.25) is 9.10 Å². The highest BCUT2D eigenvalue weighted by atomic mass is 35.5. The number of Topliss-reactive ketones (excluding diaryl/α,β-unsaturated/α-hetero) is 1. The minimum absolute atomic E-state index is 0.210. The molecule has 0 N–H and O–H groups in total. The Morgan fingerprint density at radius 1 is 1.00 bits per heavy atom. The maximum absolute atomic E-state index is 13.9. The molecule has 0 radical (unpaired) electrons. The molecule has 0 amide bonds. The van der Waals surface area contributed by atoms with Gasteiger partial charge in [0.1, 0.15) is 0 Å². The van der Waals surface area contributed by atoms with Crippen molar-refractivity contribution in [3.63, 3.8) is 0 Å². The Morgan fingerprint density at radius 2 is 1.55 bits per heavy atom. The van der Waals surface area contributed by atoms with Crippen molar-refractivity contribution in [2.24, 2.45) is 0 Å². The maximum Gasteiger partial charge on any atom is 0.241 e. The van der Waals surface area contributed by atoms with Crippen molar-refractivity contribution in [1.82, 2.24) is 4.90 Å². The van der Waals surface area contributed by atoms with Gasteiger partial charge in [-0.2, -0.15) is 0 Å². The van der Waals surface area contributed by atoms with E-state index in [1.807, 2.05) is 19.1 Å². The van der Waals surface area contributed by atoms with Crippen LogP contribution in [-0.4, -0.2) is 50.0 Å². The van der Waals surface area contributed by atoms with Crippen LogP contribution in [-0.2, 0) is 10.0 Å². The zero-order valence-corrected chi connectivity index (χ0v) is 18.0. The van der Waals surface area contributed by atoms with Crippen LogP contribution < -0.4 is 4.31 Å². The summed E-state index contributed by atoms with van der Waals surface area (Å²) in [5.41, 5.74) is 2.04. The second-order valence-corrected chi connectivity index (χ2v) is 10.7. The number of rotatable bonds is 6. The highest BCUT2D eigenvalue weighted by Crippen LogP contribution is 2.41. The summed E-state index contributed by atoms with van der Waals surface area (Å²) in [7, 11) is -3.72. The molecule has 2 aromatic rings. The number of hydrogen-bond acceptors (Lipinski definition) is 4. The lowest BCUT2D eigenvalue weighted by Gasteiger charge is -2.49. The van der Waals surface area contributed by atoms with Crippen LogP contribution in [0.3, 0.4) is 0 Å². The smallest absolute Gasteiger partial charge is 0.241 e. The quantitative estimate of drug-likeness (QED) is 0.649. The number of piperidine rings is 3. The lowest BCUT2D eigenvalue weighted by Crippen LogP contribution is -2.60. The van der Waals surface area contributed by atoms with Gasteiger partial charge in [0.2, 0.25) is 10.0 Å². The van der Waals surface area contributed by atoms with Crippen molar-refractivity contribution in [3.05, 3.63) is 64.7 Å². The molecule has 0 aliphatic carbocycles. The molecule has 0 atom stereocenters. The number of halogens is 1. The van der Waals surface area contributed by atoms with Crippen LogP contribution in [0.5, 0.6) is 0 Å². The van der Waals surface area contributed by atoms with Crippen molar-refractivity contribution < 1.29 is 13.2 Å². The van der Waals surface area contributed by atoms with Crippen molar-refractivity contribution in [3.8, 4) is 0 Å². The molecule has 5 rings (SSSR count). The van der Waals surface area contributed by atoms with Gasteiger partial charge in [0.05, 0.1) is 17.0 Å². The van der Waals surface area contributed by atoms with E-state index in [4.69, 9.17) is 11.6 Å². The topological polar surface area (TPSA) is 57.7 Å². The Balaban J connectivity index is 1.71.